The van der Waals surface area contributed by atoms with E-state index in [4.69, 9.17) is 16.7 Å². The molecule has 0 radical (unpaired) electrons. The minimum atomic E-state index is -1.13. The first-order valence-corrected chi connectivity index (χ1v) is 6.25. The molecule has 2 rings (SSSR count). The molecule has 0 aliphatic rings. The van der Waals surface area contributed by atoms with Gasteiger partial charge in [0.2, 0.25) is 0 Å². The number of anilines is 2. The van der Waals surface area contributed by atoms with E-state index < -0.39 is 11.8 Å². The molecule has 1 heterocycles. The number of hydrogen-bond donors (Lipinski definition) is 2. The van der Waals surface area contributed by atoms with Crippen LogP contribution >= 0.6 is 27.5 Å². The summed E-state index contributed by atoms with van der Waals surface area (Å²) in [5.74, 6) is -1.42. The van der Waals surface area contributed by atoms with Crippen molar-refractivity contribution in [3.63, 3.8) is 0 Å². The van der Waals surface area contributed by atoms with Crippen molar-refractivity contribution in [2.24, 2.45) is 0 Å². The lowest BCUT2D eigenvalue weighted by Gasteiger charge is -2.09. The van der Waals surface area contributed by atoms with Crippen LogP contribution in [0.15, 0.2) is 34.9 Å². The van der Waals surface area contributed by atoms with Crippen LogP contribution in [0.3, 0.4) is 0 Å². The fraction of sp³-hybridized carbons (Fsp3) is 0. The van der Waals surface area contributed by atoms with E-state index in [1.807, 2.05) is 0 Å². The molecule has 0 bridgehead atoms. The first-order valence-electron chi connectivity index (χ1n) is 5.08. The first-order chi connectivity index (χ1) is 8.97. The molecule has 0 atom stereocenters. The third-order valence-electron chi connectivity index (χ3n) is 2.27. The Bertz CT molecular complexity index is 652. The van der Waals surface area contributed by atoms with Crippen LogP contribution < -0.4 is 5.32 Å². The van der Waals surface area contributed by atoms with Crippen molar-refractivity contribution in [3.8, 4) is 0 Å². The van der Waals surface area contributed by atoms with E-state index in [2.05, 4.69) is 26.2 Å². The van der Waals surface area contributed by atoms with Crippen molar-refractivity contribution in [3.05, 3.63) is 51.3 Å². The number of nitrogens with zero attached hydrogens (tertiary/aromatic N) is 1. The number of carboxylic acids is 1. The van der Waals surface area contributed by atoms with Crippen LogP contribution in [0.2, 0.25) is 5.02 Å². The average molecular weight is 346 g/mol. The number of halogens is 3. The smallest absolute Gasteiger partial charge is 0.337 e. The van der Waals surface area contributed by atoms with Crippen molar-refractivity contribution in [2.45, 2.75) is 0 Å². The molecule has 0 fully saturated rings. The van der Waals surface area contributed by atoms with Crippen molar-refractivity contribution in [2.75, 3.05) is 5.32 Å². The van der Waals surface area contributed by atoms with Crippen LogP contribution in [0.25, 0.3) is 0 Å². The molecule has 0 saturated carbocycles. The van der Waals surface area contributed by atoms with Gasteiger partial charge in [0, 0.05) is 10.7 Å². The van der Waals surface area contributed by atoms with Gasteiger partial charge >= 0.3 is 5.97 Å². The molecule has 2 aromatic rings. The lowest BCUT2D eigenvalue weighted by molar-refractivity contribution is 0.0696. The minimum absolute atomic E-state index is 0.0353. The second-order valence-corrected chi connectivity index (χ2v) is 4.93. The normalized spacial score (nSPS) is 10.3. The Hall–Kier alpha value is -1.66. The number of carbonyl (C=O) groups is 1. The van der Waals surface area contributed by atoms with Gasteiger partial charge < -0.3 is 10.4 Å². The Morgan fingerprint density at radius 3 is 2.74 bits per heavy atom. The van der Waals surface area contributed by atoms with Crippen molar-refractivity contribution in [1.29, 1.82) is 0 Å². The van der Waals surface area contributed by atoms with Crippen molar-refractivity contribution < 1.29 is 14.3 Å². The Kier molecular flexibility index (Phi) is 4.01. The van der Waals surface area contributed by atoms with E-state index in [-0.39, 0.29) is 22.1 Å². The zero-order chi connectivity index (χ0) is 14.0. The fourth-order valence-electron chi connectivity index (χ4n) is 1.37. The Morgan fingerprint density at radius 1 is 1.42 bits per heavy atom. The zero-order valence-corrected chi connectivity index (χ0v) is 11.7. The zero-order valence-electron chi connectivity index (χ0n) is 9.32. The molecule has 0 aliphatic heterocycles. The molecular formula is C12H7BrClFN2O2. The van der Waals surface area contributed by atoms with E-state index in [0.717, 1.165) is 6.20 Å². The highest BCUT2D eigenvalue weighted by molar-refractivity contribution is 9.10. The molecule has 4 nitrogen and oxygen atoms in total. The van der Waals surface area contributed by atoms with Gasteiger partial charge in [-0.05, 0) is 24.3 Å². The molecule has 19 heavy (non-hydrogen) atoms. The fourth-order valence-corrected chi connectivity index (χ4v) is 1.91. The third kappa shape index (κ3) is 3.21. The van der Waals surface area contributed by atoms with Crippen molar-refractivity contribution >= 4 is 45.0 Å². The summed E-state index contributed by atoms with van der Waals surface area (Å²) in [4.78, 5) is 14.6. The molecule has 2 N–H and O–H groups in total. The molecule has 0 unspecified atom stereocenters. The summed E-state index contributed by atoms with van der Waals surface area (Å²) in [6.45, 7) is 0. The maximum absolute atomic E-state index is 13.6. The van der Waals surface area contributed by atoms with Gasteiger partial charge in [-0.15, -0.1) is 0 Å². The highest BCUT2D eigenvalue weighted by Crippen LogP contribution is 2.27. The maximum atomic E-state index is 13.6. The van der Waals surface area contributed by atoms with E-state index >= 15 is 0 Å². The Labute approximate surface area is 121 Å². The molecule has 0 aliphatic carbocycles. The van der Waals surface area contributed by atoms with Gasteiger partial charge in [-0.25, -0.2) is 14.2 Å². The second-order valence-electron chi connectivity index (χ2n) is 3.61. The molecule has 1 aromatic carbocycles. The molecule has 0 spiro atoms. The third-order valence-corrected chi connectivity index (χ3v) is 3.05. The topological polar surface area (TPSA) is 62.2 Å². The minimum Gasteiger partial charge on any atom is -0.478 e. The van der Waals surface area contributed by atoms with Crippen LogP contribution in [0.5, 0.6) is 0 Å². The number of nitrogens with one attached hydrogen (secondary N) is 1. The summed E-state index contributed by atoms with van der Waals surface area (Å²) in [6, 6.07) is 5.71. The highest BCUT2D eigenvalue weighted by Gasteiger charge is 2.10. The molecular weight excluding hydrogens is 338 g/mol. The summed E-state index contributed by atoms with van der Waals surface area (Å²) in [5.41, 5.74) is 0.160. The summed E-state index contributed by atoms with van der Waals surface area (Å²) < 4.78 is 14.2. The molecule has 0 amide bonds. The Balaban J connectivity index is 2.31. The van der Waals surface area contributed by atoms with Crippen LogP contribution in [-0.2, 0) is 0 Å². The average Bonchev–Trinajstić information content (AvgIpc) is 2.34. The van der Waals surface area contributed by atoms with Crippen LogP contribution in [-0.4, -0.2) is 16.1 Å². The number of pyridine rings is 1. The lowest BCUT2D eigenvalue weighted by Crippen LogP contribution is -2.01. The number of hydrogen-bond acceptors (Lipinski definition) is 3. The van der Waals surface area contributed by atoms with Gasteiger partial charge in [0.15, 0.2) is 0 Å². The first kappa shape index (κ1) is 13.8. The molecule has 0 saturated heterocycles. The van der Waals surface area contributed by atoms with Gasteiger partial charge in [0.05, 0.1) is 16.3 Å². The van der Waals surface area contributed by atoms with E-state index in [0.29, 0.717) is 4.47 Å². The molecule has 1 aromatic heterocycles. The number of rotatable bonds is 3. The number of aromatic nitrogens is 1. The summed E-state index contributed by atoms with van der Waals surface area (Å²) >= 11 is 9.03. The summed E-state index contributed by atoms with van der Waals surface area (Å²) in [5, 5.41) is 11.6. The molecule has 7 heteroatoms. The predicted molar refractivity (Wildman–Crippen MR) is 73.6 cm³/mol. The van der Waals surface area contributed by atoms with Gasteiger partial charge in [-0.3, -0.25) is 0 Å². The Morgan fingerprint density at radius 2 is 2.16 bits per heavy atom. The van der Waals surface area contributed by atoms with Gasteiger partial charge in [0.1, 0.15) is 11.6 Å². The number of aromatic carboxylic acids is 1. The van der Waals surface area contributed by atoms with Crippen LogP contribution in [0.1, 0.15) is 10.4 Å². The largest absolute Gasteiger partial charge is 0.478 e. The molecule has 98 valence electrons. The number of carboxylic acid groups (broad SMARTS) is 1. The quantitative estimate of drug-likeness (QED) is 0.880. The second kappa shape index (κ2) is 5.54. The monoisotopic (exact) mass is 344 g/mol. The van der Waals surface area contributed by atoms with E-state index in [1.165, 1.54) is 18.2 Å². The highest BCUT2D eigenvalue weighted by atomic mass is 79.9. The lowest BCUT2D eigenvalue weighted by atomic mass is 10.2. The van der Waals surface area contributed by atoms with Gasteiger partial charge in [-0.1, -0.05) is 27.5 Å². The van der Waals surface area contributed by atoms with Gasteiger partial charge in [-0.2, -0.15) is 0 Å². The van der Waals surface area contributed by atoms with Gasteiger partial charge in [0.25, 0.3) is 0 Å². The SMILES string of the molecule is O=C(O)c1cnc(Nc2ccc(Br)cc2F)c(Cl)c1. The summed E-state index contributed by atoms with van der Waals surface area (Å²) in [6.07, 6.45) is 1.15. The standard InChI is InChI=1S/C12H7BrClFN2O2/c13-7-1-2-10(9(15)4-7)17-11-8(14)3-6(5-16-11)12(18)19/h1-5H,(H,16,17)(H,18,19). The maximum Gasteiger partial charge on any atom is 0.337 e. The number of benzene rings is 1. The van der Waals surface area contributed by atoms with Crippen LogP contribution in [0, 0.1) is 5.82 Å². The van der Waals surface area contributed by atoms with E-state index in [9.17, 15) is 9.18 Å². The summed E-state index contributed by atoms with van der Waals surface area (Å²) in [7, 11) is 0. The van der Waals surface area contributed by atoms with Crippen molar-refractivity contribution in [1.82, 2.24) is 4.98 Å². The predicted octanol–water partition coefficient (Wildman–Crippen LogP) is 4.08. The van der Waals surface area contributed by atoms with E-state index in [1.54, 1.807) is 6.07 Å². The van der Waals surface area contributed by atoms with Crippen LogP contribution in [0.4, 0.5) is 15.9 Å².